The van der Waals surface area contributed by atoms with Crippen molar-refractivity contribution in [2.75, 3.05) is 12.3 Å². The third-order valence-corrected chi connectivity index (χ3v) is 6.39. The number of hydrogen-bond donors (Lipinski definition) is 6. The Morgan fingerprint density at radius 1 is 1.29 bits per heavy atom. The van der Waals surface area contributed by atoms with E-state index < -0.39 is 45.9 Å². The average Bonchev–Trinajstić information content (AvgIpc) is 3.06. The van der Waals surface area contributed by atoms with Gasteiger partial charge in [-0.05, 0) is 6.92 Å². The number of quaternary nitrogens is 3. The molecule has 1 aliphatic rings. The number of fused-ring (bicyclic) bond motifs is 1. The Bertz CT molecular complexity index is 989. The van der Waals surface area contributed by atoms with Gasteiger partial charge in [-0.25, -0.2) is 15.0 Å². The molecule has 2 aromatic rings. The van der Waals surface area contributed by atoms with Crippen LogP contribution in [0.4, 0.5) is 5.82 Å². The molecule has 1 saturated heterocycles. The average molecular weight is 508 g/mol. The summed E-state index contributed by atoms with van der Waals surface area (Å²) in [7, 11) is -11.3. The van der Waals surface area contributed by atoms with Crippen LogP contribution in [0, 0.1) is 6.92 Å². The fraction of sp³-hybridized carbons (Fsp3) is 0.545. The molecule has 0 bridgehead atoms. The van der Waals surface area contributed by atoms with E-state index in [1.54, 1.807) is 6.92 Å². The fourth-order valence-corrected chi connectivity index (χ4v) is 4.55. The number of rotatable bonds is 6. The third-order valence-electron chi connectivity index (χ3n) is 3.77. The molecule has 2 aromatic heterocycles. The number of thiol groups is 1. The number of hydrogen-bond acceptors (Lipinski definition) is 14. The van der Waals surface area contributed by atoms with E-state index in [-0.39, 0.29) is 24.3 Å². The standard InChI is InChI=1S/C11H17N5O9P2S.3H3N/c1-4-14-9(12)6-10(15-4)16(3-13-6)11-8(28)7(17)5(24-11)2-23-27(21,22)25-26(18,19)20;;;/h3,5,7-8,11,17,28H,2H2,1H3,(H,21,22)(H2,12,14,15)(H2,18,19,20);3*1H3/t5-,7-,8-,11-;;;/m1.../s1. The Labute approximate surface area is 181 Å². The summed E-state index contributed by atoms with van der Waals surface area (Å²) in [5.74, 6) is 0.504. The van der Waals surface area contributed by atoms with Crippen LogP contribution in [-0.2, 0) is 22.7 Å². The first-order chi connectivity index (χ1) is 12.9. The van der Waals surface area contributed by atoms with Crippen LogP contribution in [-0.4, -0.2) is 48.7 Å². The molecule has 0 aliphatic carbocycles. The van der Waals surface area contributed by atoms with Crippen molar-refractivity contribution < 1.29 is 42.5 Å². The maximum absolute atomic E-state index is 11.4. The zero-order valence-electron chi connectivity index (χ0n) is 17.0. The summed E-state index contributed by atoms with van der Waals surface area (Å²) in [5, 5.41) is 9.39. The van der Waals surface area contributed by atoms with Crippen LogP contribution in [0.3, 0.4) is 0 Å². The molecule has 15 N–H and O–H groups in total. The van der Waals surface area contributed by atoms with Gasteiger partial charge in [-0.3, -0.25) is 13.4 Å². The van der Waals surface area contributed by atoms with E-state index in [4.69, 9.17) is 10.5 Å². The first-order valence-corrected chi connectivity index (χ1v) is 11.0. The molecular weight excluding hydrogens is 482 g/mol. The summed E-state index contributed by atoms with van der Waals surface area (Å²) in [5.41, 5.74) is 6.39. The number of aliphatic hydroxyl groups excluding tert-OH is 1. The number of anilines is 1. The maximum Gasteiger partial charge on any atom is 0.271 e. The number of ether oxygens (including phenoxy) is 1. The fourth-order valence-electron chi connectivity index (χ4n) is 2.65. The molecule has 0 spiro atoms. The van der Waals surface area contributed by atoms with E-state index in [9.17, 15) is 28.9 Å². The molecule has 17 nitrogen and oxygen atoms in total. The highest BCUT2D eigenvalue weighted by molar-refractivity contribution is 7.81. The lowest BCUT2D eigenvalue weighted by atomic mass is 10.2. The Hall–Kier alpha value is -1.24. The van der Waals surface area contributed by atoms with Gasteiger partial charge in [-0.15, -0.1) is 0 Å². The van der Waals surface area contributed by atoms with Gasteiger partial charge in [0.15, 0.2) is 17.7 Å². The zero-order chi connectivity index (χ0) is 20.9. The minimum absolute atomic E-state index is 0. The van der Waals surface area contributed by atoms with Gasteiger partial charge in [0, 0.05) is 0 Å². The number of aryl methyl sites for hydroxylation is 1. The van der Waals surface area contributed by atoms with Crippen molar-refractivity contribution in [1.82, 2.24) is 38.0 Å². The molecule has 0 amide bonds. The molecule has 180 valence electrons. The molecule has 0 radical (unpaired) electrons. The van der Waals surface area contributed by atoms with Gasteiger partial charge in [0.2, 0.25) is 0 Å². The van der Waals surface area contributed by atoms with E-state index in [1.165, 1.54) is 10.9 Å². The topological polar surface area (TPSA) is 330 Å². The second-order valence-corrected chi connectivity index (χ2v) is 9.09. The number of aromatic nitrogens is 4. The van der Waals surface area contributed by atoms with Crippen LogP contribution in [0.2, 0.25) is 0 Å². The van der Waals surface area contributed by atoms with Crippen molar-refractivity contribution in [1.29, 1.82) is 0 Å². The summed E-state index contributed by atoms with van der Waals surface area (Å²) in [6, 6.07) is 0. The number of phosphoric acid groups is 2. The Morgan fingerprint density at radius 3 is 2.48 bits per heavy atom. The lowest BCUT2D eigenvalue weighted by Crippen LogP contribution is -2.31. The monoisotopic (exact) mass is 508 g/mol. The van der Waals surface area contributed by atoms with Crippen LogP contribution < -0.4 is 38.9 Å². The van der Waals surface area contributed by atoms with Gasteiger partial charge < -0.3 is 57.8 Å². The summed E-state index contributed by atoms with van der Waals surface area (Å²) < 4.78 is 36.4. The Kier molecular flexibility index (Phi) is 10.2. The summed E-state index contributed by atoms with van der Waals surface area (Å²) >= 11 is 4.26. The number of phosphoric ester groups is 1. The molecule has 1 aliphatic heterocycles. The molecule has 1 unspecified atom stereocenters. The molecule has 0 aromatic carbocycles. The van der Waals surface area contributed by atoms with Gasteiger partial charge >= 0.3 is 0 Å². The van der Waals surface area contributed by atoms with Crippen molar-refractivity contribution >= 4 is 45.3 Å². The van der Waals surface area contributed by atoms with Gasteiger partial charge in [0.25, 0.3) is 7.82 Å². The number of nitrogens with two attached hydrogens (primary N) is 1. The Balaban J connectivity index is 0.00000300. The predicted molar refractivity (Wildman–Crippen MR) is 107 cm³/mol. The SMILES string of the molecule is Cc1nc(N)c2ncn([C@@H]3O[C@H](COP(=O)([O-])OP(=O)([O-])[O-])[C@@H](O)[C@H]3S)c2n1.[NH4+].[NH4+].[NH4+]. The smallest absolute Gasteiger partial charge is 0.271 e. The second-order valence-electron chi connectivity index (χ2n) is 5.80. The van der Waals surface area contributed by atoms with Crippen molar-refractivity contribution in [3.63, 3.8) is 0 Å². The van der Waals surface area contributed by atoms with Gasteiger partial charge in [0.05, 0.1) is 32.1 Å². The van der Waals surface area contributed by atoms with E-state index in [0.717, 1.165) is 0 Å². The molecule has 3 heterocycles. The number of aliphatic hydroxyl groups is 1. The van der Waals surface area contributed by atoms with E-state index in [1.807, 2.05) is 0 Å². The van der Waals surface area contributed by atoms with Crippen molar-refractivity contribution in [2.24, 2.45) is 0 Å². The highest BCUT2D eigenvalue weighted by atomic mass is 32.1. The van der Waals surface area contributed by atoms with Crippen molar-refractivity contribution in [3.8, 4) is 0 Å². The summed E-state index contributed by atoms with van der Waals surface area (Å²) in [6.07, 6.45) is -2.17. The minimum Gasteiger partial charge on any atom is -0.790 e. The molecule has 31 heavy (non-hydrogen) atoms. The Morgan fingerprint density at radius 2 is 1.90 bits per heavy atom. The lowest BCUT2D eigenvalue weighted by Gasteiger charge is -2.35. The first-order valence-electron chi connectivity index (χ1n) is 7.55. The quantitative estimate of drug-likeness (QED) is 0.196. The third kappa shape index (κ3) is 6.62. The van der Waals surface area contributed by atoms with Crippen LogP contribution in [0.25, 0.3) is 11.2 Å². The molecule has 0 saturated carbocycles. The van der Waals surface area contributed by atoms with Gasteiger partial charge in [-0.2, -0.15) is 12.6 Å². The summed E-state index contributed by atoms with van der Waals surface area (Å²) in [6.45, 7) is 0.793. The largest absolute Gasteiger partial charge is 0.790 e. The molecule has 20 heteroatoms. The van der Waals surface area contributed by atoms with Crippen LogP contribution in [0.1, 0.15) is 12.1 Å². The number of nitrogen functional groups attached to an aromatic ring is 1. The minimum atomic E-state index is -5.82. The van der Waals surface area contributed by atoms with Crippen LogP contribution in [0.15, 0.2) is 6.33 Å². The van der Waals surface area contributed by atoms with Crippen molar-refractivity contribution in [2.45, 2.75) is 30.6 Å². The lowest BCUT2D eigenvalue weighted by molar-refractivity contribution is -0.339. The van der Waals surface area contributed by atoms with Crippen LogP contribution >= 0.6 is 28.3 Å². The molecule has 1 fully saturated rings. The van der Waals surface area contributed by atoms with Crippen molar-refractivity contribution in [3.05, 3.63) is 12.2 Å². The highest BCUT2D eigenvalue weighted by Gasteiger charge is 2.44. The van der Waals surface area contributed by atoms with Gasteiger partial charge in [-0.1, -0.05) is 0 Å². The number of nitrogens with zero attached hydrogens (tertiary/aromatic N) is 4. The predicted octanol–water partition coefficient (Wildman–Crippen LogP) is -1.27. The molecule has 3 rings (SSSR count). The summed E-state index contributed by atoms with van der Waals surface area (Å²) in [4.78, 5) is 44.5. The highest BCUT2D eigenvalue weighted by Crippen LogP contribution is 2.51. The maximum atomic E-state index is 11.4. The normalized spacial score (nSPS) is 25.2. The molecular formula is C11H26N8O9P2S. The zero-order valence-corrected chi connectivity index (χ0v) is 19.7. The first kappa shape index (κ1) is 29.8. The van der Waals surface area contributed by atoms with E-state index in [0.29, 0.717) is 17.0 Å². The van der Waals surface area contributed by atoms with Gasteiger partial charge in [0.1, 0.15) is 17.4 Å². The van der Waals surface area contributed by atoms with E-state index >= 15 is 0 Å². The second kappa shape index (κ2) is 10.6. The molecule has 5 atom stereocenters. The van der Waals surface area contributed by atoms with E-state index in [2.05, 4.69) is 36.4 Å². The van der Waals surface area contributed by atoms with Crippen LogP contribution in [0.5, 0.6) is 0 Å². The number of imidazole rings is 1.